The van der Waals surface area contributed by atoms with Crippen molar-refractivity contribution >= 4 is 28.2 Å². The molecule has 0 radical (unpaired) electrons. The first-order valence-electron chi connectivity index (χ1n) is 5.84. The number of aromatic nitrogens is 2. The molecule has 1 aromatic carbocycles. The largest absolute Gasteiger partial charge is 0.496 e. The molecular formula is C13H14N4OS2. The summed E-state index contributed by atoms with van der Waals surface area (Å²) >= 11 is 3.13. The summed E-state index contributed by atoms with van der Waals surface area (Å²) in [7, 11) is 5.51. The second kappa shape index (κ2) is 6.59. The van der Waals surface area contributed by atoms with Gasteiger partial charge in [0.2, 0.25) is 5.13 Å². The molecule has 0 N–H and O–H groups in total. The summed E-state index contributed by atoms with van der Waals surface area (Å²) in [6.07, 6.45) is 0. The SMILES string of the molecule is COc1ccc(C#N)cc1CSc1nnc(N(C)C)s1. The van der Waals surface area contributed by atoms with Crippen LogP contribution in [0.1, 0.15) is 11.1 Å². The minimum atomic E-state index is 0.632. The van der Waals surface area contributed by atoms with Gasteiger partial charge in [-0.3, -0.25) is 0 Å². The fourth-order valence-electron chi connectivity index (χ4n) is 1.54. The van der Waals surface area contributed by atoms with Gasteiger partial charge in [-0.1, -0.05) is 23.1 Å². The van der Waals surface area contributed by atoms with Crippen molar-refractivity contribution in [2.45, 2.75) is 10.1 Å². The van der Waals surface area contributed by atoms with E-state index in [2.05, 4.69) is 16.3 Å². The van der Waals surface area contributed by atoms with Crippen LogP contribution in [0.3, 0.4) is 0 Å². The van der Waals surface area contributed by atoms with Crippen LogP contribution in [-0.2, 0) is 5.75 Å². The third-order valence-electron chi connectivity index (χ3n) is 2.54. The van der Waals surface area contributed by atoms with Gasteiger partial charge in [-0.2, -0.15) is 5.26 Å². The second-order valence-corrected chi connectivity index (χ2v) is 6.35. The summed E-state index contributed by atoms with van der Waals surface area (Å²) in [5.41, 5.74) is 1.62. The van der Waals surface area contributed by atoms with Crippen molar-refractivity contribution in [1.82, 2.24) is 10.2 Å². The van der Waals surface area contributed by atoms with E-state index >= 15 is 0 Å². The third-order valence-corrected chi connectivity index (χ3v) is 4.81. The van der Waals surface area contributed by atoms with Gasteiger partial charge in [0.15, 0.2) is 4.34 Å². The molecule has 7 heteroatoms. The molecule has 0 saturated carbocycles. The first kappa shape index (κ1) is 14.6. The molecule has 2 aromatic rings. The van der Waals surface area contributed by atoms with Gasteiger partial charge in [0, 0.05) is 25.4 Å². The molecule has 20 heavy (non-hydrogen) atoms. The summed E-state index contributed by atoms with van der Waals surface area (Å²) in [5, 5.41) is 18.1. The maximum atomic E-state index is 8.95. The molecule has 0 aliphatic rings. The van der Waals surface area contributed by atoms with Gasteiger partial charge in [-0.25, -0.2) is 0 Å². The molecule has 0 spiro atoms. The lowest BCUT2D eigenvalue weighted by molar-refractivity contribution is 0.411. The number of ether oxygens (including phenoxy) is 1. The third kappa shape index (κ3) is 3.40. The fourth-order valence-corrected chi connectivity index (χ4v) is 3.28. The first-order chi connectivity index (χ1) is 9.63. The van der Waals surface area contributed by atoms with Crippen molar-refractivity contribution in [2.24, 2.45) is 0 Å². The van der Waals surface area contributed by atoms with Crippen LogP contribution in [0.15, 0.2) is 22.5 Å². The fraction of sp³-hybridized carbons (Fsp3) is 0.308. The van der Waals surface area contributed by atoms with Crippen molar-refractivity contribution in [2.75, 3.05) is 26.1 Å². The van der Waals surface area contributed by atoms with Crippen molar-refractivity contribution in [1.29, 1.82) is 5.26 Å². The Balaban J connectivity index is 2.11. The summed E-state index contributed by atoms with van der Waals surface area (Å²) in [5.74, 6) is 1.48. The van der Waals surface area contributed by atoms with E-state index in [4.69, 9.17) is 10.00 Å². The Hall–Kier alpha value is -1.78. The molecule has 104 valence electrons. The Morgan fingerprint density at radius 3 is 2.80 bits per heavy atom. The number of nitrogens with zero attached hydrogens (tertiary/aromatic N) is 4. The minimum Gasteiger partial charge on any atom is -0.496 e. The van der Waals surface area contributed by atoms with Crippen LogP contribution in [0.5, 0.6) is 5.75 Å². The topological polar surface area (TPSA) is 62.0 Å². The zero-order valence-corrected chi connectivity index (χ0v) is 13.1. The molecule has 0 saturated heterocycles. The molecule has 5 nitrogen and oxygen atoms in total. The molecule has 0 fully saturated rings. The monoisotopic (exact) mass is 306 g/mol. The molecule has 0 aliphatic heterocycles. The number of rotatable bonds is 5. The van der Waals surface area contributed by atoms with Gasteiger partial charge in [-0.15, -0.1) is 10.2 Å². The number of benzene rings is 1. The van der Waals surface area contributed by atoms with E-state index in [0.717, 1.165) is 20.8 Å². The number of nitriles is 1. The molecule has 0 unspecified atom stereocenters. The van der Waals surface area contributed by atoms with Crippen LogP contribution in [0.4, 0.5) is 5.13 Å². The van der Waals surface area contributed by atoms with E-state index in [1.165, 1.54) is 0 Å². The predicted octanol–water partition coefficient (Wildman–Crippen LogP) is 2.78. The number of hydrogen-bond donors (Lipinski definition) is 0. The number of methoxy groups -OCH3 is 1. The van der Waals surface area contributed by atoms with Crippen molar-refractivity contribution in [3.05, 3.63) is 29.3 Å². The van der Waals surface area contributed by atoms with Gasteiger partial charge >= 0.3 is 0 Å². The highest BCUT2D eigenvalue weighted by molar-refractivity contribution is 8.00. The van der Waals surface area contributed by atoms with E-state index in [1.807, 2.05) is 31.1 Å². The van der Waals surface area contributed by atoms with Gasteiger partial charge < -0.3 is 9.64 Å². The summed E-state index contributed by atoms with van der Waals surface area (Å²) in [6.45, 7) is 0. The van der Waals surface area contributed by atoms with Crippen LogP contribution in [0.2, 0.25) is 0 Å². The molecule has 0 amide bonds. The molecule has 1 aromatic heterocycles. The minimum absolute atomic E-state index is 0.632. The Kier molecular flexibility index (Phi) is 4.82. The van der Waals surface area contributed by atoms with Gasteiger partial charge in [0.05, 0.1) is 18.7 Å². The zero-order chi connectivity index (χ0) is 14.5. The summed E-state index contributed by atoms with van der Waals surface area (Å²) in [4.78, 5) is 1.93. The summed E-state index contributed by atoms with van der Waals surface area (Å²) < 4.78 is 6.21. The quantitative estimate of drug-likeness (QED) is 0.792. The first-order valence-corrected chi connectivity index (χ1v) is 7.65. The van der Waals surface area contributed by atoms with Crippen LogP contribution < -0.4 is 9.64 Å². The highest BCUT2D eigenvalue weighted by atomic mass is 32.2. The van der Waals surface area contributed by atoms with Crippen LogP contribution >= 0.6 is 23.1 Å². The van der Waals surface area contributed by atoms with E-state index in [-0.39, 0.29) is 0 Å². The van der Waals surface area contributed by atoms with Crippen LogP contribution in [-0.4, -0.2) is 31.4 Å². The van der Waals surface area contributed by atoms with Gasteiger partial charge in [0.25, 0.3) is 0 Å². The molecule has 0 aliphatic carbocycles. The Morgan fingerprint density at radius 1 is 1.40 bits per heavy atom. The molecule has 0 bridgehead atoms. The Bertz CT molecular complexity index is 634. The molecule has 1 heterocycles. The molecule has 2 rings (SSSR count). The normalized spacial score (nSPS) is 10.1. The van der Waals surface area contributed by atoms with Crippen molar-refractivity contribution in [3.8, 4) is 11.8 Å². The Morgan fingerprint density at radius 2 is 2.20 bits per heavy atom. The summed E-state index contributed by atoms with van der Waals surface area (Å²) in [6, 6.07) is 7.56. The molecular weight excluding hydrogens is 292 g/mol. The number of anilines is 1. The molecule has 0 atom stereocenters. The van der Waals surface area contributed by atoms with Crippen molar-refractivity contribution in [3.63, 3.8) is 0 Å². The van der Waals surface area contributed by atoms with E-state index in [0.29, 0.717) is 11.3 Å². The lowest BCUT2D eigenvalue weighted by Gasteiger charge is -2.07. The lowest BCUT2D eigenvalue weighted by Crippen LogP contribution is -2.07. The maximum Gasteiger partial charge on any atom is 0.208 e. The van der Waals surface area contributed by atoms with Crippen molar-refractivity contribution < 1.29 is 4.74 Å². The zero-order valence-electron chi connectivity index (χ0n) is 11.5. The van der Waals surface area contributed by atoms with E-state index in [9.17, 15) is 0 Å². The van der Waals surface area contributed by atoms with E-state index < -0.39 is 0 Å². The lowest BCUT2D eigenvalue weighted by atomic mass is 10.1. The van der Waals surface area contributed by atoms with Gasteiger partial charge in [-0.05, 0) is 18.2 Å². The number of thioether (sulfide) groups is 1. The van der Waals surface area contributed by atoms with E-state index in [1.54, 1.807) is 36.3 Å². The Labute approximate surface area is 126 Å². The maximum absolute atomic E-state index is 8.95. The smallest absolute Gasteiger partial charge is 0.208 e. The highest BCUT2D eigenvalue weighted by Gasteiger charge is 2.09. The van der Waals surface area contributed by atoms with Crippen LogP contribution in [0.25, 0.3) is 0 Å². The predicted molar refractivity (Wildman–Crippen MR) is 81.5 cm³/mol. The second-order valence-electron chi connectivity index (χ2n) is 4.17. The number of hydrogen-bond acceptors (Lipinski definition) is 7. The average molecular weight is 306 g/mol. The standard InChI is InChI=1S/C13H14N4OS2/c1-17(2)12-15-16-13(20-12)19-8-10-6-9(7-14)4-5-11(10)18-3/h4-6H,8H2,1-3H3. The van der Waals surface area contributed by atoms with Crippen LogP contribution in [0, 0.1) is 11.3 Å². The van der Waals surface area contributed by atoms with Gasteiger partial charge in [0.1, 0.15) is 5.75 Å². The highest BCUT2D eigenvalue weighted by Crippen LogP contribution is 2.32. The average Bonchev–Trinajstić information content (AvgIpc) is 2.93.